The van der Waals surface area contributed by atoms with E-state index in [4.69, 9.17) is 0 Å². The molecule has 2 amide bonds. The molecule has 1 aromatic carbocycles. The second-order valence-electron chi connectivity index (χ2n) is 8.46. The lowest BCUT2D eigenvalue weighted by Crippen LogP contribution is -2.47. The van der Waals surface area contributed by atoms with Gasteiger partial charge in [0, 0.05) is 49.4 Å². The van der Waals surface area contributed by atoms with E-state index in [0.29, 0.717) is 17.0 Å². The molecule has 8 heteroatoms. The number of hydrogen-bond donors (Lipinski definition) is 1. The molecule has 1 saturated heterocycles. The monoisotopic (exact) mass is 418 g/mol. The number of piperazine rings is 1. The van der Waals surface area contributed by atoms with Gasteiger partial charge in [0.2, 0.25) is 5.91 Å². The summed E-state index contributed by atoms with van der Waals surface area (Å²) >= 11 is 0. The standard InChI is InChI=1S/C23H26N6O2/c1-27-11-13-28(14-12-27)23(31)18-7-5-16(6-8-18)21-26-25-20-10-9-19(15-29(20)21)24-22(30)17-3-2-4-17/h5-10,15,17H,2-4,11-14H2,1H3,(H,24,30). The van der Waals surface area contributed by atoms with E-state index in [0.717, 1.165) is 56.7 Å². The molecular weight excluding hydrogens is 392 g/mol. The minimum atomic E-state index is 0.0618. The molecule has 1 aliphatic carbocycles. The highest BCUT2D eigenvalue weighted by atomic mass is 16.2. The Morgan fingerprint density at radius 2 is 1.71 bits per heavy atom. The minimum absolute atomic E-state index is 0.0618. The Morgan fingerprint density at radius 3 is 2.39 bits per heavy atom. The topological polar surface area (TPSA) is 82.8 Å². The van der Waals surface area contributed by atoms with Crippen molar-refractivity contribution in [3.8, 4) is 11.4 Å². The predicted molar refractivity (Wildman–Crippen MR) is 118 cm³/mol. The molecule has 3 heterocycles. The van der Waals surface area contributed by atoms with Gasteiger partial charge in [0.25, 0.3) is 5.91 Å². The number of amides is 2. The number of fused-ring (bicyclic) bond motifs is 1. The summed E-state index contributed by atoms with van der Waals surface area (Å²) in [7, 11) is 2.07. The van der Waals surface area contributed by atoms with Crippen molar-refractivity contribution >= 4 is 23.1 Å². The summed E-state index contributed by atoms with van der Waals surface area (Å²) in [6.07, 6.45) is 4.90. The number of hydrogen-bond acceptors (Lipinski definition) is 5. The van der Waals surface area contributed by atoms with Gasteiger partial charge in [-0.2, -0.15) is 0 Å². The molecule has 1 N–H and O–H groups in total. The number of likely N-dealkylation sites (N-methyl/N-ethyl adjacent to an activating group) is 1. The molecule has 31 heavy (non-hydrogen) atoms. The van der Waals surface area contributed by atoms with Crippen LogP contribution in [0.2, 0.25) is 0 Å². The first-order valence-electron chi connectivity index (χ1n) is 10.8. The molecule has 1 saturated carbocycles. The van der Waals surface area contributed by atoms with Gasteiger partial charge in [0.15, 0.2) is 11.5 Å². The zero-order valence-electron chi connectivity index (χ0n) is 17.6. The van der Waals surface area contributed by atoms with E-state index in [2.05, 4.69) is 27.5 Å². The largest absolute Gasteiger partial charge is 0.336 e. The molecule has 2 fully saturated rings. The number of pyridine rings is 1. The van der Waals surface area contributed by atoms with E-state index in [1.165, 1.54) is 0 Å². The van der Waals surface area contributed by atoms with Crippen molar-refractivity contribution < 1.29 is 9.59 Å². The van der Waals surface area contributed by atoms with Crippen LogP contribution in [0, 0.1) is 5.92 Å². The van der Waals surface area contributed by atoms with E-state index in [1.54, 1.807) is 0 Å². The first-order chi connectivity index (χ1) is 15.1. The summed E-state index contributed by atoms with van der Waals surface area (Å²) in [6, 6.07) is 11.2. The Morgan fingerprint density at radius 1 is 0.968 bits per heavy atom. The van der Waals surface area contributed by atoms with Gasteiger partial charge in [-0.15, -0.1) is 10.2 Å². The molecule has 0 radical (unpaired) electrons. The number of nitrogens with zero attached hydrogens (tertiary/aromatic N) is 5. The van der Waals surface area contributed by atoms with Gasteiger partial charge in [-0.25, -0.2) is 0 Å². The third kappa shape index (κ3) is 3.90. The van der Waals surface area contributed by atoms with Crippen molar-refractivity contribution in [2.75, 3.05) is 38.5 Å². The Kier molecular flexibility index (Phi) is 5.15. The lowest BCUT2D eigenvalue weighted by molar-refractivity contribution is -0.122. The maximum Gasteiger partial charge on any atom is 0.253 e. The zero-order valence-corrected chi connectivity index (χ0v) is 17.6. The van der Waals surface area contributed by atoms with Gasteiger partial charge in [-0.3, -0.25) is 14.0 Å². The Hall–Kier alpha value is -3.26. The fourth-order valence-corrected chi connectivity index (χ4v) is 4.03. The highest BCUT2D eigenvalue weighted by Crippen LogP contribution is 2.28. The third-order valence-electron chi connectivity index (χ3n) is 6.33. The molecule has 1 aliphatic heterocycles. The summed E-state index contributed by atoms with van der Waals surface area (Å²) in [4.78, 5) is 29.2. The molecule has 2 aromatic heterocycles. The van der Waals surface area contributed by atoms with Crippen molar-refractivity contribution in [1.29, 1.82) is 0 Å². The Labute approximate surface area is 180 Å². The highest BCUT2D eigenvalue weighted by molar-refractivity contribution is 5.95. The van der Waals surface area contributed by atoms with Crippen LogP contribution < -0.4 is 5.32 Å². The van der Waals surface area contributed by atoms with Crippen LogP contribution >= 0.6 is 0 Å². The van der Waals surface area contributed by atoms with Crippen LogP contribution in [0.3, 0.4) is 0 Å². The van der Waals surface area contributed by atoms with Crippen molar-refractivity contribution in [2.24, 2.45) is 5.92 Å². The summed E-state index contributed by atoms with van der Waals surface area (Å²) in [6.45, 7) is 3.30. The van der Waals surface area contributed by atoms with Gasteiger partial charge < -0.3 is 15.1 Å². The van der Waals surface area contributed by atoms with Gasteiger partial charge in [0.1, 0.15) is 0 Å². The molecular formula is C23H26N6O2. The number of aromatic nitrogens is 3. The Bertz CT molecular complexity index is 1110. The summed E-state index contributed by atoms with van der Waals surface area (Å²) < 4.78 is 1.87. The first-order valence-corrected chi connectivity index (χ1v) is 10.8. The molecule has 0 bridgehead atoms. The van der Waals surface area contributed by atoms with Crippen molar-refractivity contribution in [3.63, 3.8) is 0 Å². The third-order valence-corrected chi connectivity index (χ3v) is 6.33. The van der Waals surface area contributed by atoms with Crippen molar-refractivity contribution in [1.82, 2.24) is 24.4 Å². The van der Waals surface area contributed by atoms with Crippen LogP contribution in [-0.4, -0.2) is 69.4 Å². The van der Waals surface area contributed by atoms with Crippen LogP contribution in [0.4, 0.5) is 5.69 Å². The molecule has 5 rings (SSSR count). The number of rotatable bonds is 4. The van der Waals surface area contributed by atoms with E-state index >= 15 is 0 Å². The summed E-state index contributed by atoms with van der Waals surface area (Å²) in [5.74, 6) is 0.938. The lowest BCUT2D eigenvalue weighted by Gasteiger charge is -2.32. The normalized spacial score (nSPS) is 17.5. The van der Waals surface area contributed by atoms with Gasteiger partial charge in [0.05, 0.1) is 5.69 Å². The van der Waals surface area contributed by atoms with Crippen LogP contribution in [0.25, 0.3) is 17.0 Å². The SMILES string of the molecule is CN1CCN(C(=O)c2ccc(-c3nnc4ccc(NC(=O)C5CCC5)cn34)cc2)CC1. The Balaban J connectivity index is 1.35. The van der Waals surface area contributed by atoms with E-state index in [9.17, 15) is 9.59 Å². The maximum atomic E-state index is 12.8. The van der Waals surface area contributed by atoms with Crippen molar-refractivity contribution in [3.05, 3.63) is 48.2 Å². The first kappa shape index (κ1) is 19.7. The minimum Gasteiger partial charge on any atom is -0.336 e. The number of benzene rings is 1. The van der Waals surface area contributed by atoms with Crippen LogP contribution in [0.15, 0.2) is 42.6 Å². The molecule has 0 atom stereocenters. The van der Waals surface area contributed by atoms with Crippen LogP contribution in [-0.2, 0) is 4.79 Å². The molecule has 3 aromatic rings. The smallest absolute Gasteiger partial charge is 0.253 e. The summed E-state index contributed by atoms with van der Waals surface area (Å²) in [5.41, 5.74) is 2.97. The van der Waals surface area contributed by atoms with Gasteiger partial charge in [-0.1, -0.05) is 18.6 Å². The van der Waals surface area contributed by atoms with E-state index in [-0.39, 0.29) is 17.7 Å². The van der Waals surface area contributed by atoms with Crippen LogP contribution in [0.5, 0.6) is 0 Å². The molecule has 8 nitrogen and oxygen atoms in total. The fourth-order valence-electron chi connectivity index (χ4n) is 4.03. The van der Waals surface area contributed by atoms with Gasteiger partial charge in [-0.05, 0) is 44.2 Å². The number of nitrogens with one attached hydrogen (secondary N) is 1. The number of carbonyl (C=O) groups excluding carboxylic acids is 2. The predicted octanol–water partition coefficient (Wildman–Crippen LogP) is 2.52. The average molecular weight is 419 g/mol. The van der Waals surface area contributed by atoms with E-state index < -0.39 is 0 Å². The van der Waals surface area contributed by atoms with Crippen LogP contribution in [0.1, 0.15) is 29.6 Å². The lowest BCUT2D eigenvalue weighted by atomic mass is 9.85. The molecule has 0 spiro atoms. The fraction of sp³-hybridized carbons (Fsp3) is 0.391. The second-order valence-corrected chi connectivity index (χ2v) is 8.46. The average Bonchev–Trinajstić information content (AvgIpc) is 3.16. The quantitative estimate of drug-likeness (QED) is 0.704. The molecule has 0 unspecified atom stereocenters. The van der Waals surface area contributed by atoms with Crippen molar-refractivity contribution in [2.45, 2.75) is 19.3 Å². The number of anilines is 1. The molecule has 160 valence electrons. The highest BCUT2D eigenvalue weighted by Gasteiger charge is 2.25. The van der Waals surface area contributed by atoms with Gasteiger partial charge >= 0.3 is 0 Å². The number of carbonyl (C=O) groups is 2. The summed E-state index contributed by atoms with van der Waals surface area (Å²) in [5, 5.41) is 11.6. The zero-order chi connectivity index (χ0) is 21.4. The van der Waals surface area contributed by atoms with E-state index in [1.807, 2.05) is 51.9 Å². The molecule has 2 aliphatic rings. The maximum absolute atomic E-state index is 12.8. The second kappa shape index (κ2) is 8.11.